The second-order valence-corrected chi connectivity index (χ2v) is 13.9. The third kappa shape index (κ3) is 27.1. The van der Waals surface area contributed by atoms with Gasteiger partial charge in [-0.25, -0.2) is 0 Å². The minimum Gasteiger partial charge on any atom is -0.490 e. The van der Waals surface area contributed by atoms with Crippen LogP contribution in [0.25, 0.3) is 0 Å². The van der Waals surface area contributed by atoms with Gasteiger partial charge in [0.2, 0.25) is 0 Å². The largest absolute Gasteiger partial charge is 0.490 e. The molecule has 0 radical (unpaired) electrons. The van der Waals surface area contributed by atoms with Gasteiger partial charge in [-0.15, -0.1) is 0 Å². The van der Waals surface area contributed by atoms with Crippen molar-refractivity contribution in [3.63, 3.8) is 0 Å². The van der Waals surface area contributed by atoms with Crippen LogP contribution in [0.2, 0.25) is 0 Å². The zero-order chi connectivity index (χ0) is 30.9. The second kappa shape index (κ2) is 32.4. The zero-order valence-corrected chi connectivity index (χ0v) is 29.9. The molecule has 252 valence electrons. The first-order valence-corrected chi connectivity index (χ1v) is 20.1. The summed E-state index contributed by atoms with van der Waals surface area (Å²) in [7, 11) is 0. The maximum atomic E-state index is 6.69. The standard InChI is InChI=1S/C42H78O/c1-4-7-10-13-16-19-20-21-22-23-24-27-30-34-40-35-33-38-42(39-40)43-41(36-31-28-25-17-14-11-8-5-2)37-32-29-26-18-15-12-9-6-3/h33,35,38-39,41H,4-32,34,36-37H2,1-3H3. The van der Waals surface area contributed by atoms with Crippen LogP contribution in [-0.4, -0.2) is 6.10 Å². The summed E-state index contributed by atoms with van der Waals surface area (Å²) < 4.78 is 6.69. The zero-order valence-electron chi connectivity index (χ0n) is 29.9. The van der Waals surface area contributed by atoms with Gasteiger partial charge in [-0.1, -0.05) is 200 Å². The number of ether oxygens (including phenoxy) is 1. The first-order chi connectivity index (χ1) is 21.3. The Kier molecular flexibility index (Phi) is 30.2. The number of benzene rings is 1. The van der Waals surface area contributed by atoms with Crippen molar-refractivity contribution >= 4 is 0 Å². The molecule has 0 fully saturated rings. The molecule has 0 saturated carbocycles. The van der Waals surface area contributed by atoms with E-state index in [2.05, 4.69) is 45.0 Å². The first kappa shape index (κ1) is 40.0. The molecule has 0 spiro atoms. The molecule has 1 nitrogen and oxygen atoms in total. The van der Waals surface area contributed by atoms with Gasteiger partial charge >= 0.3 is 0 Å². The molecule has 0 amide bonds. The highest BCUT2D eigenvalue weighted by Gasteiger charge is 2.11. The van der Waals surface area contributed by atoms with Crippen molar-refractivity contribution in [2.24, 2.45) is 0 Å². The van der Waals surface area contributed by atoms with E-state index in [9.17, 15) is 0 Å². The Balaban J connectivity index is 2.29. The summed E-state index contributed by atoms with van der Waals surface area (Å²) in [5, 5.41) is 0. The van der Waals surface area contributed by atoms with Crippen LogP contribution in [0.3, 0.4) is 0 Å². The molecule has 0 N–H and O–H groups in total. The smallest absolute Gasteiger partial charge is 0.119 e. The van der Waals surface area contributed by atoms with Crippen molar-refractivity contribution in [1.29, 1.82) is 0 Å². The van der Waals surface area contributed by atoms with Gasteiger partial charge in [0.1, 0.15) is 5.75 Å². The van der Waals surface area contributed by atoms with Gasteiger partial charge in [-0.3, -0.25) is 0 Å². The minimum absolute atomic E-state index is 0.395. The molecule has 0 aliphatic carbocycles. The van der Waals surface area contributed by atoms with Crippen LogP contribution >= 0.6 is 0 Å². The van der Waals surface area contributed by atoms with E-state index in [1.807, 2.05) is 0 Å². The Hall–Kier alpha value is -0.980. The van der Waals surface area contributed by atoms with Crippen LogP contribution in [0, 0.1) is 0 Å². The summed E-state index contributed by atoms with van der Waals surface area (Å²) in [6.45, 7) is 6.92. The molecular weight excluding hydrogens is 520 g/mol. The van der Waals surface area contributed by atoms with Crippen LogP contribution in [0.15, 0.2) is 24.3 Å². The predicted octanol–water partition coefficient (Wildman–Crippen LogP) is 15.1. The Morgan fingerprint density at radius 3 is 1.16 bits per heavy atom. The maximum absolute atomic E-state index is 6.69. The number of aryl methyl sites for hydroxylation is 1. The van der Waals surface area contributed by atoms with Gasteiger partial charge in [-0.2, -0.15) is 0 Å². The molecule has 0 atom stereocenters. The lowest BCUT2D eigenvalue weighted by Crippen LogP contribution is -2.16. The Morgan fingerprint density at radius 2 is 0.767 bits per heavy atom. The SMILES string of the molecule is CCCCCCCCCCCCCCCc1cccc(OC(CCCCCCCCCC)CCCCCCCCCC)c1. The summed E-state index contributed by atoms with van der Waals surface area (Å²) in [4.78, 5) is 0. The van der Waals surface area contributed by atoms with Crippen molar-refractivity contribution in [2.45, 2.75) is 232 Å². The van der Waals surface area contributed by atoms with Crippen LogP contribution in [0.5, 0.6) is 5.75 Å². The predicted molar refractivity (Wildman–Crippen MR) is 195 cm³/mol. The molecule has 1 rings (SSSR count). The van der Waals surface area contributed by atoms with Crippen LogP contribution in [0.1, 0.15) is 225 Å². The fraction of sp³-hybridized carbons (Fsp3) is 0.857. The fourth-order valence-corrected chi connectivity index (χ4v) is 6.59. The summed E-state index contributed by atoms with van der Waals surface area (Å²) >= 11 is 0. The van der Waals surface area contributed by atoms with Crippen molar-refractivity contribution in [2.75, 3.05) is 0 Å². The van der Waals surface area contributed by atoms with Crippen LogP contribution in [0.4, 0.5) is 0 Å². The molecule has 1 aromatic carbocycles. The molecule has 0 bridgehead atoms. The quantitative estimate of drug-likeness (QED) is 0.0717. The van der Waals surface area contributed by atoms with E-state index in [0.717, 1.165) is 5.75 Å². The highest BCUT2D eigenvalue weighted by molar-refractivity contribution is 5.28. The van der Waals surface area contributed by atoms with Gasteiger partial charge < -0.3 is 4.74 Å². The molecule has 0 saturated heterocycles. The topological polar surface area (TPSA) is 9.23 Å². The average molecular weight is 599 g/mol. The summed E-state index contributed by atoms with van der Waals surface area (Å²) in [6.07, 6.45) is 44.8. The van der Waals surface area contributed by atoms with Crippen molar-refractivity contribution in [1.82, 2.24) is 0 Å². The van der Waals surface area contributed by atoms with E-state index in [0.29, 0.717) is 6.10 Å². The molecule has 0 aliphatic heterocycles. The van der Waals surface area contributed by atoms with Crippen molar-refractivity contribution in [3.8, 4) is 5.75 Å². The summed E-state index contributed by atoms with van der Waals surface area (Å²) in [5.41, 5.74) is 1.47. The van der Waals surface area contributed by atoms with E-state index < -0.39 is 0 Å². The van der Waals surface area contributed by atoms with Crippen molar-refractivity contribution in [3.05, 3.63) is 29.8 Å². The van der Waals surface area contributed by atoms with E-state index in [4.69, 9.17) is 4.74 Å². The number of unbranched alkanes of at least 4 members (excludes halogenated alkanes) is 26. The second-order valence-electron chi connectivity index (χ2n) is 13.9. The normalized spacial score (nSPS) is 11.5. The molecule has 43 heavy (non-hydrogen) atoms. The van der Waals surface area contributed by atoms with Gasteiger partial charge in [0.05, 0.1) is 6.10 Å². The monoisotopic (exact) mass is 599 g/mol. The summed E-state index contributed by atoms with van der Waals surface area (Å²) in [5.74, 6) is 1.12. The Labute approximate surface area is 272 Å². The number of hydrogen-bond acceptors (Lipinski definition) is 1. The highest BCUT2D eigenvalue weighted by Crippen LogP contribution is 2.23. The lowest BCUT2D eigenvalue weighted by atomic mass is 10.0. The Morgan fingerprint density at radius 1 is 0.419 bits per heavy atom. The van der Waals surface area contributed by atoms with Gasteiger partial charge in [-0.05, 0) is 56.2 Å². The Bertz CT molecular complexity index is 647. The molecule has 1 heteroatoms. The van der Waals surface area contributed by atoms with E-state index in [1.54, 1.807) is 0 Å². The third-order valence-corrected chi connectivity index (χ3v) is 9.53. The maximum Gasteiger partial charge on any atom is 0.119 e. The van der Waals surface area contributed by atoms with E-state index >= 15 is 0 Å². The van der Waals surface area contributed by atoms with Gasteiger partial charge in [0, 0.05) is 0 Å². The summed E-state index contributed by atoms with van der Waals surface area (Å²) in [6, 6.07) is 9.12. The molecule has 0 heterocycles. The molecule has 0 unspecified atom stereocenters. The van der Waals surface area contributed by atoms with Crippen LogP contribution in [-0.2, 0) is 6.42 Å². The highest BCUT2D eigenvalue weighted by atomic mass is 16.5. The lowest BCUT2D eigenvalue weighted by Gasteiger charge is -2.20. The molecule has 0 aromatic heterocycles. The van der Waals surface area contributed by atoms with E-state index in [1.165, 1.54) is 211 Å². The number of hydrogen-bond donors (Lipinski definition) is 0. The lowest BCUT2D eigenvalue weighted by molar-refractivity contribution is 0.172. The molecular formula is C42H78O. The van der Waals surface area contributed by atoms with Gasteiger partial charge in [0.15, 0.2) is 0 Å². The molecule has 0 aliphatic rings. The molecule has 1 aromatic rings. The third-order valence-electron chi connectivity index (χ3n) is 9.53. The minimum atomic E-state index is 0.395. The fourth-order valence-electron chi connectivity index (χ4n) is 6.59. The van der Waals surface area contributed by atoms with Gasteiger partial charge in [0.25, 0.3) is 0 Å². The van der Waals surface area contributed by atoms with E-state index in [-0.39, 0.29) is 0 Å². The number of rotatable bonds is 34. The first-order valence-electron chi connectivity index (χ1n) is 20.1. The van der Waals surface area contributed by atoms with Crippen molar-refractivity contribution < 1.29 is 4.74 Å². The average Bonchev–Trinajstić information content (AvgIpc) is 3.02. The van der Waals surface area contributed by atoms with Crippen LogP contribution < -0.4 is 4.74 Å².